The molecule has 2 aromatic rings. The van der Waals surface area contributed by atoms with Crippen LogP contribution in [0.25, 0.3) is 4.96 Å². The standard InChI is InChI=1S/C20H27N5O2S/c26-17(21-14-7-1-2-8-14)13-6-5-11-24(12-13)20-23-25-18(27)15-9-3-4-10-16(15)22-19(25)28-20/h13-14H,1-12H2,(H,21,26)/t13-/m0/s1. The van der Waals surface area contributed by atoms with Gasteiger partial charge in [-0.2, -0.15) is 4.52 Å². The number of aryl methyl sites for hydroxylation is 1. The molecule has 2 fully saturated rings. The molecule has 1 N–H and O–H groups in total. The maximum Gasteiger partial charge on any atom is 0.278 e. The van der Waals surface area contributed by atoms with Gasteiger partial charge in [0, 0.05) is 24.7 Å². The van der Waals surface area contributed by atoms with Crippen LogP contribution in [0.2, 0.25) is 0 Å². The van der Waals surface area contributed by atoms with Crippen molar-refractivity contribution in [2.24, 2.45) is 5.92 Å². The van der Waals surface area contributed by atoms with Crippen LogP contribution in [0.3, 0.4) is 0 Å². The Morgan fingerprint density at radius 3 is 2.75 bits per heavy atom. The number of nitrogens with one attached hydrogen (secondary N) is 1. The Bertz CT molecular complexity index is 946. The van der Waals surface area contributed by atoms with Crippen molar-refractivity contribution in [1.29, 1.82) is 0 Å². The van der Waals surface area contributed by atoms with Crippen LogP contribution < -0.4 is 15.8 Å². The van der Waals surface area contributed by atoms with Crippen molar-refractivity contribution in [1.82, 2.24) is 19.9 Å². The summed E-state index contributed by atoms with van der Waals surface area (Å²) >= 11 is 1.47. The lowest BCUT2D eigenvalue weighted by molar-refractivity contribution is -0.125. The molecule has 8 heteroatoms. The second-order valence-corrected chi connectivity index (χ2v) is 9.34. The van der Waals surface area contributed by atoms with Crippen molar-refractivity contribution in [2.45, 2.75) is 70.3 Å². The van der Waals surface area contributed by atoms with Crippen LogP contribution in [-0.4, -0.2) is 39.6 Å². The summed E-state index contributed by atoms with van der Waals surface area (Å²) in [5.41, 5.74) is 1.79. The average Bonchev–Trinajstić information content (AvgIpc) is 3.38. The van der Waals surface area contributed by atoms with E-state index in [1.54, 1.807) is 0 Å². The number of nitrogens with zero attached hydrogens (tertiary/aromatic N) is 4. The molecule has 0 aromatic carbocycles. The van der Waals surface area contributed by atoms with Crippen molar-refractivity contribution >= 4 is 27.3 Å². The number of aromatic nitrogens is 3. The van der Waals surface area contributed by atoms with Crippen LogP contribution in [0.15, 0.2) is 4.79 Å². The zero-order valence-electron chi connectivity index (χ0n) is 16.2. The molecule has 1 saturated carbocycles. The highest BCUT2D eigenvalue weighted by atomic mass is 32.1. The Balaban J connectivity index is 1.36. The van der Waals surface area contributed by atoms with Gasteiger partial charge in [0.25, 0.3) is 5.56 Å². The number of carbonyl (C=O) groups excluding carboxylic acids is 1. The summed E-state index contributed by atoms with van der Waals surface area (Å²) in [5.74, 6) is 0.183. The van der Waals surface area contributed by atoms with Crippen LogP contribution in [-0.2, 0) is 17.6 Å². The van der Waals surface area contributed by atoms with Crippen LogP contribution in [0, 0.1) is 5.92 Å². The number of amides is 1. The van der Waals surface area contributed by atoms with Crippen molar-refractivity contribution < 1.29 is 4.79 Å². The summed E-state index contributed by atoms with van der Waals surface area (Å²) in [4.78, 5) is 33.1. The highest BCUT2D eigenvalue weighted by Gasteiger charge is 2.30. The smallest absolute Gasteiger partial charge is 0.278 e. The minimum atomic E-state index is -0.00487. The molecule has 0 unspecified atom stereocenters. The molecule has 1 aliphatic heterocycles. The molecule has 3 heterocycles. The summed E-state index contributed by atoms with van der Waals surface area (Å²) in [6.45, 7) is 1.55. The summed E-state index contributed by atoms with van der Waals surface area (Å²) in [7, 11) is 0. The zero-order valence-corrected chi connectivity index (χ0v) is 17.0. The topological polar surface area (TPSA) is 79.6 Å². The molecule has 2 aromatic heterocycles. The second-order valence-electron chi connectivity index (χ2n) is 8.40. The van der Waals surface area contributed by atoms with E-state index >= 15 is 0 Å². The van der Waals surface area contributed by atoms with Gasteiger partial charge in [-0.3, -0.25) is 9.59 Å². The van der Waals surface area contributed by atoms with Crippen LogP contribution in [0.1, 0.15) is 62.6 Å². The first-order valence-electron chi connectivity index (χ1n) is 10.7. The molecule has 0 spiro atoms. The van der Waals surface area contributed by atoms with E-state index in [4.69, 9.17) is 4.98 Å². The normalized spacial score (nSPS) is 23.1. The Labute approximate surface area is 168 Å². The fourth-order valence-electron chi connectivity index (χ4n) is 4.84. The predicted octanol–water partition coefficient (Wildman–Crippen LogP) is 2.30. The number of fused-ring (bicyclic) bond motifs is 2. The molecule has 3 aliphatic rings. The molecule has 1 atom stereocenters. The molecule has 150 valence electrons. The monoisotopic (exact) mass is 401 g/mol. The summed E-state index contributed by atoms with van der Waals surface area (Å²) < 4.78 is 1.48. The summed E-state index contributed by atoms with van der Waals surface area (Å²) in [6.07, 6.45) is 10.4. The Kier molecular flexibility index (Phi) is 4.82. The lowest BCUT2D eigenvalue weighted by atomic mass is 9.97. The van der Waals surface area contributed by atoms with Crippen LogP contribution in [0.5, 0.6) is 0 Å². The molecule has 1 saturated heterocycles. The highest BCUT2D eigenvalue weighted by Crippen LogP contribution is 2.28. The Morgan fingerprint density at radius 1 is 1.07 bits per heavy atom. The molecule has 5 rings (SSSR count). The molecular weight excluding hydrogens is 374 g/mol. The van der Waals surface area contributed by atoms with E-state index in [0.717, 1.165) is 74.3 Å². The van der Waals surface area contributed by atoms with Gasteiger partial charge < -0.3 is 10.2 Å². The largest absolute Gasteiger partial charge is 0.353 e. The van der Waals surface area contributed by atoms with Gasteiger partial charge in [-0.1, -0.05) is 24.2 Å². The third kappa shape index (κ3) is 3.32. The van der Waals surface area contributed by atoms with Crippen molar-refractivity contribution in [3.05, 3.63) is 21.6 Å². The number of hydrogen-bond acceptors (Lipinski definition) is 6. The van der Waals surface area contributed by atoms with E-state index in [-0.39, 0.29) is 17.4 Å². The zero-order chi connectivity index (χ0) is 19.1. The van der Waals surface area contributed by atoms with Gasteiger partial charge in [-0.15, -0.1) is 5.10 Å². The van der Waals surface area contributed by atoms with Crippen molar-refractivity contribution in [2.75, 3.05) is 18.0 Å². The fraction of sp³-hybridized carbons (Fsp3) is 0.700. The number of carbonyl (C=O) groups is 1. The molecule has 2 aliphatic carbocycles. The molecule has 28 heavy (non-hydrogen) atoms. The van der Waals surface area contributed by atoms with E-state index in [1.807, 2.05) is 0 Å². The summed E-state index contributed by atoms with van der Waals surface area (Å²) in [6, 6.07) is 0.361. The van der Waals surface area contributed by atoms with Gasteiger partial charge in [-0.05, 0) is 51.4 Å². The van der Waals surface area contributed by atoms with Crippen molar-refractivity contribution in [3.8, 4) is 0 Å². The van der Waals surface area contributed by atoms with Crippen LogP contribution >= 0.6 is 11.3 Å². The van der Waals surface area contributed by atoms with E-state index in [1.165, 1.54) is 28.7 Å². The average molecular weight is 402 g/mol. The highest BCUT2D eigenvalue weighted by molar-refractivity contribution is 7.20. The Hall–Kier alpha value is -1.96. The molecule has 7 nitrogen and oxygen atoms in total. The lowest BCUT2D eigenvalue weighted by Gasteiger charge is -2.32. The van der Waals surface area contributed by atoms with Crippen molar-refractivity contribution in [3.63, 3.8) is 0 Å². The van der Waals surface area contributed by atoms with Gasteiger partial charge in [-0.25, -0.2) is 4.98 Å². The van der Waals surface area contributed by atoms with E-state index in [0.29, 0.717) is 17.5 Å². The van der Waals surface area contributed by atoms with Gasteiger partial charge in [0.1, 0.15) is 0 Å². The van der Waals surface area contributed by atoms with Crippen LogP contribution in [0.4, 0.5) is 5.13 Å². The number of piperidine rings is 1. The van der Waals surface area contributed by atoms with Gasteiger partial charge in [0.2, 0.25) is 16.0 Å². The molecule has 0 radical (unpaired) electrons. The fourth-order valence-corrected chi connectivity index (χ4v) is 5.79. The minimum Gasteiger partial charge on any atom is -0.353 e. The number of anilines is 1. The molecule has 1 amide bonds. The lowest BCUT2D eigenvalue weighted by Crippen LogP contribution is -2.45. The molecule has 0 bridgehead atoms. The third-order valence-corrected chi connectivity index (χ3v) is 7.40. The first kappa shape index (κ1) is 18.1. The maximum absolute atomic E-state index is 12.8. The van der Waals surface area contributed by atoms with Gasteiger partial charge in [0.15, 0.2) is 0 Å². The van der Waals surface area contributed by atoms with E-state index < -0.39 is 0 Å². The maximum atomic E-state index is 12.8. The molecular formula is C20H27N5O2S. The number of rotatable bonds is 3. The third-order valence-electron chi connectivity index (χ3n) is 6.43. The predicted molar refractivity (Wildman–Crippen MR) is 109 cm³/mol. The minimum absolute atomic E-state index is 0.000695. The number of hydrogen-bond donors (Lipinski definition) is 1. The Morgan fingerprint density at radius 2 is 1.89 bits per heavy atom. The van der Waals surface area contributed by atoms with Gasteiger partial charge in [0.05, 0.1) is 11.6 Å². The van der Waals surface area contributed by atoms with E-state index in [9.17, 15) is 9.59 Å². The summed E-state index contributed by atoms with van der Waals surface area (Å²) in [5, 5.41) is 8.65. The van der Waals surface area contributed by atoms with E-state index in [2.05, 4.69) is 15.3 Å². The van der Waals surface area contributed by atoms with Gasteiger partial charge >= 0.3 is 0 Å². The quantitative estimate of drug-likeness (QED) is 0.854. The first-order chi connectivity index (χ1) is 13.7. The second kappa shape index (κ2) is 7.46. The SMILES string of the molecule is O=C(NC1CCCC1)[C@H]1CCCN(c2nn3c(=O)c4c(nc3s2)CCCC4)C1. The first-order valence-corrected chi connectivity index (χ1v) is 11.5.